The Hall–Kier alpha value is -1.85. The number of rotatable bonds is 4. The average molecular weight is 280 g/mol. The Kier molecular flexibility index (Phi) is 4.19. The molecule has 0 saturated carbocycles. The molecule has 100 valence electrons. The number of benzene rings is 1. The Balaban J connectivity index is 2.16. The number of hydrogen-bond acceptors (Lipinski definition) is 3. The van der Waals surface area contributed by atoms with Crippen molar-refractivity contribution in [1.29, 1.82) is 0 Å². The van der Waals surface area contributed by atoms with Gasteiger partial charge in [0.15, 0.2) is 0 Å². The number of halogens is 1. The molecule has 19 heavy (non-hydrogen) atoms. The number of imide groups is 1. The van der Waals surface area contributed by atoms with Crippen molar-refractivity contribution in [2.24, 2.45) is 5.73 Å². The van der Waals surface area contributed by atoms with Gasteiger partial charge in [-0.05, 0) is 36.7 Å². The fraction of sp³-hybridized carbons (Fsp3) is 0.231. The Morgan fingerprint density at radius 3 is 2.58 bits per heavy atom. The van der Waals surface area contributed by atoms with Gasteiger partial charge in [0.1, 0.15) is 5.70 Å². The van der Waals surface area contributed by atoms with E-state index in [1.165, 1.54) is 0 Å². The molecule has 0 spiro atoms. The third-order valence-electron chi connectivity index (χ3n) is 2.73. The van der Waals surface area contributed by atoms with Crippen molar-refractivity contribution in [3.8, 4) is 0 Å². The third-order valence-corrected chi connectivity index (χ3v) is 2.98. The van der Waals surface area contributed by atoms with E-state index in [2.05, 4.69) is 5.32 Å². The van der Waals surface area contributed by atoms with Gasteiger partial charge in [-0.3, -0.25) is 9.69 Å². The first-order valence-electron chi connectivity index (χ1n) is 5.92. The van der Waals surface area contributed by atoms with Crippen LogP contribution in [0, 0.1) is 0 Å². The van der Waals surface area contributed by atoms with Crippen LogP contribution in [0.1, 0.15) is 12.0 Å². The van der Waals surface area contributed by atoms with Gasteiger partial charge in [-0.2, -0.15) is 0 Å². The number of nitrogens with zero attached hydrogens (tertiary/aromatic N) is 1. The molecule has 1 fully saturated rings. The van der Waals surface area contributed by atoms with Gasteiger partial charge >= 0.3 is 6.03 Å². The van der Waals surface area contributed by atoms with Crippen LogP contribution >= 0.6 is 11.6 Å². The van der Waals surface area contributed by atoms with Crippen LogP contribution in [0.3, 0.4) is 0 Å². The van der Waals surface area contributed by atoms with Gasteiger partial charge in [-0.15, -0.1) is 0 Å². The summed E-state index contributed by atoms with van der Waals surface area (Å²) in [5, 5.41) is 3.17. The Morgan fingerprint density at radius 1 is 1.26 bits per heavy atom. The van der Waals surface area contributed by atoms with E-state index in [9.17, 15) is 9.59 Å². The zero-order valence-electron chi connectivity index (χ0n) is 10.2. The summed E-state index contributed by atoms with van der Waals surface area (Å²) >= 11 is 5.78. The van der Waals surface area contributed by atoms with E-state index in [4.69, 9.17) is 17.3 Å². The fourth-order valence-electron chi connectivity index (χ4n) is 1.75. The van der Waals surface area contributed by atoms with Crippen LogP contribution in [-0.4, -0.2) is 29.9 Å². The summed E-state index contributed by atoms with van der Waals surface area (Å²) in [5.74, 6) is -0.326. The minimum absolute atomic E-state index is 0.268. The van der Waals surface area contributed by atoms with E-state index in [0.29, 0.717) is 24.5 Å². The first-order chi connectivity index (χ1) is 9.11. The molecular weight excluding hydrogens is 266 g/mol. The molecule has 3 amide bonds. The summed E-state index contributed by atoms with van der Waals surface area (Å²) in [6, 6.07) is 6.59. The smallest absolute Gasteiger partial charge is 0.329 e. The molecular formula is C13H14ClN3O2. The second-order valence-corrected chi connectivity index (χ2v) is 4.58. The Bertz CT molecular complexity index is 525. The molecule has 1 saturated heterocycles. The van der Waals surface area contributed by atoms with E-state index in [1.807, 2.05) is 0 Å². The van der Waals surface area contributed by atoms with Crippen LogP contribution in [0.5, 0.6) is 0 Å². The molecule has 1 aromatic carbocycles. The van der Waals surface area contributed by atoms with Gasteiger partial charge < -0.3 is 11.1 Å². The Morgan fingerprint density at radius 2 is 1.95 bits per heavy atom. The normalized spacial score (nSPS) is 17.2. The van der Waals surface area contributed by atoms with Gasteiger partial charge in [0.2, 0.25) is 0 Å². The molecule has 0 bridgehead atoms. The van der Waals surface area contributed by atoms with E-state index < -0.39 is 6.03 Å². The first-order valence-corrected chi connectivity index (χ1v) is 6.30. The summed E-state index contributed by atoms with van der Waals surface area (Å²) in [7, 11) is 0. The number of carbonyl (C=O) groups is 2. The van der Waals surface area contributed by atoms with Crippen molar-refractivity contribution in [2.75, 3.05) is 13.1 Å². The van der Waals surface area contributed by atoms with Gasteiger partial charge in [0.05, 0.1) is 0 Å². The predicted octanol–water partition coefficient (Wildman–Crippen LogP) is 1.58. The first kappa shape index (κ1) is 13.6. The molecule has 1 heterocycles. The van der Waals surface area contributed by atoms with Gasteiger partial charge in [-0.25, -0.2) is 4.79 Å². The number of nitrogens with two attached hydrogens (primary N) is 1. The van der Waals surface area contributed by atoms with Crippen LogP contribution in [0.2, 0.25) is 5.02 Å². The average Bonchev–Trinajstić information content (AvgIpc) is 2.65. The maximum Gasteiger partial charge on any atom is 0.329 e. The highest BCUT2D eigenvalue weighted by Crippen LogP contribution is 2.16. The molecule has 0 aromatic heterocycles. The topological polar surface area (TPSA) is 75.4 Å². The quantitative estimate of drug-likeness (QED) is 0.649. The maximum atomic E-state index is 12.0. The highest BCUT2D eigenvalue weighted by atomic mass is 35.5. The number of hydrogen-bond donors (Lipinski definition) is 2. The van der Waals surface area contributed by atoms with Gasteiger partial charge in [-0.1, -0.05) is 23.7 Å². The minimum atomic E-state index is -0.404. The minimum Gasteiger partial charge on any atom is -0.330 e. The lowest BCUT2D eigenvalue weighted by molar-refractivity contribution is -0.122. The molecule has 1 aromatic rings. The van der Waals surface area contributed by atoms with Crippen molar-refractivity contribution in [3.05, 3.63) is 40.5 Å². The number of amides is 3. The lowest BCUT2D eigenvalue weighted by atomic mass is 10.2. The summed E-state index contributed by atoms with van der Waals surface area (Å²) in [5.41, 5.74) is 6.44. The second-order valence-electron chi connectivity index (χ2n) is 4.14. The van der Waals surface area contributed by atoms with E-state index in [1.54, 1.807) is 30.3 Å². The molecule has 0 atom stereocenters. The SMILES string of the molecule is NCCCN1C(=O)N/C(=C\c2ccc(Cl)cc2)C1=O. The summed E-state index contributed by atoms with van der Waals surface area (Å²) in [6.45, 7) is 0.770. The Labute approximate surface area is 116 Å². The van der Waals surface area contributed by atoms with Crippen molar-refractivity contribution < 1.29 is 9.59 Å². The van der Waals surface area contributed by atoms with E-state index in [-0.39, 0.29) is 11.6 Å². The second kappa shape index (κ2) is 5.86. The highest BCUT2D eigenvalue weighted by Gasteiger charge is 2.32. The number of nitrogens with one attached hydrogen (secondary N) is 1. The van der Waals surface area contributed by atoms with Crippen molar-refractivity contribution in [1.82, 2.24) is 10.2 Å². The molecule has 5 nitrogen and oxygen atoms in total. The lowest BCUT2D eigenvalue weighted by Crippen LogP contribution is -2.32. The fourth-order valence-corrected chi connectivity index (χ4v) is 1.88. The summed E-state index contributed by atoms with van der Waals surface area (Å²) < 4.78 is 0. The van der Waals surface area contributed by atoms with Crippen LogP contribution < -0.4 is 11.1 Å². The molecule has 1 aliphatic rings. The van der Waals surface area contributed by atoms with Crippen LogP contribution in [0.25, 0.3) is 6.08 Å². The molecule has 6 heteroatoms. The van der Waals surface area contributed by atoms with Crippen molar-refractivity contribution in [2.45, 2.75) is 6.42 Å². The van der Waals surface area contributed by atoms with Crippen LogP contribution in [0.4, 0.5) is 4.79 Å². The van der Waals surface area contributed by atoms with Gasteiger partial charge in [0.25, 0.3) is 5.91 Å². The highest BCUT2D eigenvalue weighted by molar-refractivity contribution is 6.30. The standard InChI is InChI=1S/C13H14ClN3O2/c14-10-4-2-9(3-5-10)8-11-12(18)17(7-1-6-15)13(19)16-11/h2-5,8H,1,6-7,15H2,(H,16,19)/b11-8-. The summed E-state index contributed by atoms with van der Waals surface area (Å²) in [4.78, 5) is 24.8. The van der Waals surface area contributed by atoms with Gasteiger partial charge in [0, 0.05) is 11.6 Å². The lowest BCUT2D eigenvalue weighted by Gasteiger charge is -2.09. The maximum absolute atomic E-state index is 12.0. The van der Waals surface area contributed by atoms with Crippen LogP contribution in [0.15, 0.2) is 30.0 Å². The van der Waals surface area contributed by atoms with E-state index in [0.717, 1.165) is 10.5 Å². The number of carbonyl (C=O) groups excluding carboxylic acids is 2. The molecule has 0 radical (unpaired) electrons. The largest absolute Gasteiger partial charge is 0.330 e. The van der Waals surface area contributed by atoms with Crippen molar-refractivity contribution >= 4 is 29.6 Å². The van der Waals surface area contributed by atoms with E-state index >= 15 is 0 Å². The zero-order chi connectivity index (χ0) is 13.8. The molecule has 3 N–H and O–H groups in total. The summed E-state index contributed by atoms with van der Waals surface area (Å²) in [6.07, 6.45) is 2.21. The van der Waals surface area contributed by atoms with Crippen LogP contribution in [-0.2, 0) is 4.79 Å². The molecule has 0 unspecified atom stereocenters. The number of urea groups is 1. The molecule has 0 aliphatic carbocycles. The zero-order valence-corrected chi connectivity index (χ0v) is 11.0. The molecule has 2 rings (SSSR count). The molecule has 1 aliphatic heterocycles. The third kappa shape index (κ3) is 3.13. The predicted molar refractivity (Wildman–Crippen MR) is 73.3 cm³/mol. The monoisotopic (exact) mass is 279 g/mol. The van der Waals surface area contributed by atoms with Crippen molar-refractivity contribution in [3.63, 3.8) is 0 Å².